The van der Waals surface area contributed by atoms with Crippen LogP contribution in [0.3, 0.4) is 0 Å². The highest BCUT2D eigenvalue weighted by atomic mass is 16.1. The summed E-state index contributed by atoms with van der Waals surface area (Å²) < 4.78 is 0. The topological polar surface area (TPSA) is 17.1 Å². The van der Waals surface area contributed by atoms with Gasteiger partial charge in [0.2, 0.25) is 0 Å². The highest BCUT2D eigenvalue weighted by Gasteiger charge is 2.45. The Hall–Kier alpha value is -0.590. The maximum absolute atomic E-state index is 12.0. The molecule has 4 bridgehead atoms. The maximum atomic E-state index is 12.0. The van der Waals surface area contributed by atoms with Crippen LogP contribution in [0.5, 0.6) is 0 Å². The van der Waals surface area contributed by atoms with Gasteiger partial charge in [-0.15, -0.1) is 0 Å². The molecule has 2 fully saturated rings. The molecule has 0 radical (unpaired) electrons. The van der Waals surface area contributed by atoms with Crippen molar-refractivity contribution in [2.24, 2.45) is 23.7 Å². The van der Waals surface area contributed by atoms with Gasteiger partial charge in [0, 0.05) is 11.8 Å². The second kappa shape index (κ2) is 2.70. The van der Waals surface area contributed by atoms with Gasteiger partial charge in [-0.2, -0.15) is 0 Å². The molecule has 4 atom stereocenters. The van der Waals surface area contributed by atoms with Crippen LogP contribution in [0.25, 0.3) is 0 Å². The highest BCUT2D eigenvalue weighted by Crippen LogP contribution is 2.47. The predicted molar refractivity (Wildman–Crippen MR) is 51.2 cm³/mol. The molecule has 2 saturated carbocycles. The fourth-order valence-electron chi connectivity index (χ4n) is 3.49. The minimum atomic E-state index is 0.405. The fourth-order valence-corrected chi connectivity index (χ4v) is 3.49. The lowest BCUT2D eigenvalue weighted by Crippen LogP contribution is -2.35. The molecular formula is C12H16O. The first-order chi connectivity index (χ1) is 6.36. The zero-order valence-corrected chi connectivity index (χ0v) is 7.91. The Bertz CT molecular complexity index is 242. The Kier molecular flexibility index (Phi) is 1.61. The monoisotopic (exact) mass is 176 g/mol. The van der Waals surface area contributed by atoms with E-state index >= 15 is 0 Å². The van der Waals surface area contributed by atoms with Crippen LogP contribution in [-0.2, 0) is 4.79 Å². The summed E-state index contributed by atoms with van der Waals surface area (Å²) in [5.41, 5.74) is 0. The number of hydrogen-bond acceptors (Lipinski definition) is 1. The van der Waals surface area contributed by atoms with E-state index in [9.17, 15) is 4.79 Å². The van der Waals surface area contributed by atoms with Crippen molar-refractivity contribution in [2.75, 3.05) is 0 Å². The molecule has 1 nitrogen and oxygen atoms in total. The van der Waals surface area contributed by atoms with Crippen LogP contribution in [0.15, 0.2) is 12.2 Å². The third kappa shape index (κ3) is 1.02. The summed E-state index contributed by atoms with van der Waals surface area (Å²) in [7, 11) is 0. The largest absolute Gasteiger partial charge is 0.299 e. The fraction of sp³-hybridized carbons (Fsp3) is 0.750. The molecule has 0 aliphatic heterocycles. The Labute approximate surface area is 79.2 Å². The Morgan fingerprint density at radius 3 is 2.08 bits per heavy atom. The van der Waals surface area contributed by atoms with E-state index in [1.165, 1.54) is 19.3 Å². The zero-order chi connectivity index (χ0) is 8.84. The molecule has 0 amide bonds. The van der Waals surface area contributed by atoms with Crippen LogP contribution in [0.1, 0.15) is 32.1 Å². The summed E-state index contributed by atoms with van der Waals surface area (Å²) in [6.45, 7) is 0. The van der Waals surface area contributed by atoms with Gasteiger partial charge >= 0.3 is 0 Å². The average Bonchev–Trinajstić information content (AvgIpc) is 2.51. The molecule has 1 heteroatoms. The van der Waals surface area contributed by atoms with Gasteiger partial charge in [-0.1, -0.05) is 25.0 Å². The van der Waals surface area contributed by atoms with Crippen LogP contribution in [-0.4, -0.2) is 5.78 Å². The summed E-state index contributed by atoms with van der Waals surface area (Å²) in [4.78, 5) is 12.0. The molecule has 0 aromatic rings. The summed E-state index contributed by atoms with van der Waals surface area (Å²) in [5.74, 6) is 2.65. The summed E-state index contributed by atoms with van der Waals surface area (Å²) in [6.07, 6.45) is 10.8. The van der Waals surface area contributed by atoms with Crippen LogP contribution < -0.4 is 0 Å². The molecule has 0 unspecified atom stereocenters. The summed E-state index contributed by atoms with van der Waals surface area (Å²) in [5, 5.41) is 0. The lowest BCUT2D eigenvalue weighted by molar-refractivity contribution is -0.131. The van der Waals surface area contributed by atoms with Gasteiger partial charge in [-0.3, -0.25) is 4.79 Å². The minimum Gasteiger partial charge on any atom is -0.299 e. The molecule has 0 N–H and O–H groups in total. The third-order valence-corrected chi connectivity index (χ3v) is 4.19. The third-order valence-electron chi connectivity index (χ3n) is 4.19. The molecule has 3 aliphatic rings. The second-order valence-electron chi connectivity index (χ2n) is 4.85. The smallest absolute Gasteiger partial charge is 0.140 e. The number of carbonyl (C=O) groups excluding carboxylic acids is 1. The molecule has 0 aromatic carbocycles. The van der Waals surface area contributed by atoms with Gasteiger partial charge in [0.1, 0.15) is 5.78 Å². The Morgan fingerprint density at radius 1 is 1.00 bits per heavy atom. The quantitative estimate of drug-likeness (QED) is 0.518. The minimum absolute atomic E-state index is 0.405. The van der Waals surface area contributed by atoms with E-state index in [1.54, 1.807) is 0 Å². The number of carbonyl (C=O) groups is 1. The first-order valence-corrected chi connectivity index (χ1v) is 5.58. The molecular weight excluding hydrogens is 160 g/mol. The zero-order valence-electron chi connectivity index (χ0n) is 7.91. The normalized spacial score (nSPS) is 47.8. The van der Waals surface area contributed by atoms with Crippen molar-refractivity contribution in [2.45, 2.75) is 32.1 Å². The molecule has 70 valence electrons. The van der Waals surface area contributed by atoms with E-state index < -0.39 is 0 Å². The standard InChI is InChI=1S/C12H16O/c13-12-10-3-1-2-4-11(12)9-6-5-8(10)7-9/h5-6,8-11H,1-4,7H2/t8-,9-,10-,11+/m1/s1. The molecule has 13 heavy (non-hydrogen) atoms. The van der Waals surface area contributed by atoms with Gasteiger partial charge < -0.3 is 0 Å². The molecule has 3 rings (SSSR count). The number of allylic oxidation sites excluding steroid dienone is 2. The highest BCUT2D eigenvalue weighted by molar-refractivity contribution is 5.86. The Morgan fingerprint density at radius 2 is 1.54 bits per heavy atom. The molecule has 3 aliphatic carbocycles. The molecule has 0 spiro atoms. The van der Waals surface area contributed by atoms with Crippen molar-refractivity contribution in [1.82, 2.24) is 0 Å². The van der Waals surface area contributed by atoms with E-state index in [2.05, 4.69) is 12.2 Å². The van der Waals surface area contributed by atoms with Crippen LogP contribution >= 0.6 is 0 Å². The van der Waals surface area contributed by atoms with Crippen molar-refractivity contribution < 1.29 is 4.79 Å². The van der Waals surface area contributed by atoms with Crippen molar-refractivity contribution in [1.29, 1.82) is 0 Å². The first-order valence-electron chi connectivity index (χ1n) is 5.58. The van der Waals surface area contributed by atoms with Crippen molar-refractivity contribution in [3.05, 3.63) is 12.2 Å². The maximum Gasteiger partial charge on any atom is 0.140 e. The number of rotatable bonds is 0. The number of Topliss-reactive ketones (excluding diaryl/α,β-unsaturated/α-hetero) is 1. The first kappa shape index (κ1) is 7.78. The van der Waals surface area contributed by atoms with Gasteiger partial charge in [-0.25, -0.2) is 0 Å². The van der Waals surface area contributed by atoms with Crippen LogP contribution in [0, 0.1) is 23.7 Å². The number of hydrogen-bond donors (Lipinski definition) is 0. The van der Waals surface area contributed by atoms with Crippen LogP contribution in [0.4, 0.5) is 0 Å². The Balaban J connectivity index is 1.99. The van der Waals surface area contributed by atoms with E-state index in [0.29, 0.717) is 29.5 Å². The lowest BCUT2D eigenvalue weighted by Gasteiger charge is -2.31. The molecule has 0 saturated heterocycles. The summed E-state index contributed by atoms with van der Waals surface area (Å²) in [6, 6.07) is 0. The number of fused-ring (bicyclic) bond motifs is 6. The average molecular weight is 176 g/mol. The van der Waals surface area contributed by atoms with Gasteiger partial charge in [0.25, 0.3) is 0 Å². The van der Waals surface area contributed by atoms with E-state index in [0.717, 1.165) is 12.8 Å². The number of ketones is 1. The predicted octanol–water partition coefficient (Wildman–Crippen LogP) is 2.57. The van der Waals surface area contributed by atoms with Gasteiger partial charge in [0.15, 0.2) is 0 Å². The summed E-state index contributed by atoms with van der Waals surface area (Å²) >= 11 is 0. The van der Waals surface area contributed by atoms with Gasteiger partial charge in [0.05, 0.1) is 0 Å². The lowest BCUT2D eigenvalue weighted by atomic mass is 9.71. The SMILES string of the molecule is O=C1[C@H]2CCCC[C@@H]1[C@@H]1C=C[C@@H]2C1. The molecule has 0 heterocycles. The van der Waals surface area contributed by atoms with E-state index in [1.807, 2.05) is 0 Å². The van der Waals surface area contributed by atoms with Crippen molar-refractivity contribution in [3.63, 3.8) is 0 Å². The van der Waals surface area contributed by atoms with Gasteiger partial charge in [-0.05, 0) is 31.1 Å². The molecule has 0 aromatic heterocycles. The van der Waals surface area contributed by atoms with Crippen molar-refractivity contribution in [3.8, 4) is 0 Å². The van der Waals surface area contributed by atoms with E-state index in [4.69, 9.17) is 0 Å². The van der Waals surface area contributed by atoms with Crippen molar-refractivity contribution >= 4 is 5.78 Å². The van der Waals surface area contributed by atoms with Crippen LogP contribution in [0.2, 0.25) is 0 Å². The second-order valence-corrected chi connectivity index (χ2v) is 4.85. The van der Waals surface area contributed by atoms with E-state index in [-0.39, 0.29) is 0 Å².